The standard InChI is InChI=1S/C28H31ClN4O6/c1-18-24(26(35)36)25(19-6-4-7-22(16-19)33(38)39)32(27(37)31-18)15-5-14-30-17-23(34)28(12-2-3-13-28)20-8-10-21(29)11-9-20/h4,6-11,16,24-25,30H,2-3,5,12-15,17H2,1H3,(H,35,36). The summed E-state index contributed by atoms with van der Waals surface area (Å²) in [6.45, 7) is 2.22. The van der Waals surface area contributed by atoms with Gasteiger partial charge in [0.25, 0.3) is 5.69 Å². The first-order valence-electron chi connectivity index (χ1n) is 13.0. The van der Waals surface area contributed by atoms with E-state index in [2.05, 4.69) is 10.3 Å². The van der Waals surface area contributed by atoms with Gasteiger partial charge in [0.2, 0.25) is 0 Å². The molecule has 11 heteroatoms. The number of urea groups is 1. The van der Waals surface area contributed by atoms with Crippen LogP contribution in [0.5, 0.6) is 0 Å². The number of Topliss-reactive ketones (excluding diaryl/α,β-unsaturated/α-hetero) is 1. The number of carboxylic acids is 1. The molecule has 1 fully saturated rings. The maximum absolute atomic E-state index is 13.3. The van der Waals surface area contributed by atoms with Gasteiger partial charge in [-0.05, 0) is 56.0 Å². The van der Waals surface area contributed by atoms with E-state index in [-0.39, 0.29) is 30.3 Å². The number of rotatable bonds is 11. The number of carboxylic acid groups (broad SMARTS) is 1. The lowest BCUT2D eigenvalue weighted by Crippen LogP contribution is -2.47. The van der Waals surface area contributed by atoms with Crippen molar-refractivity contribution in [2.45, 2.75) is 50.5 Å². The quantitative estimate of drug-likeness (QED) is 0.227. The zero-order valence-electron chi connectivity index (χ0n) is 21.6. The average Bonchev–Trinajstić information content (AvgIpc) is 3.40. The molecular formula is C28H31ClN4O6. The Labute approximate surface area is 231 Å². The minimum absolute atomic E-state index is 0.108. The summed E-state index contributed by atoms with van der Waals surface area (Å²) in [5, 5.41) is 25.1. The zero-order valence-corrected chi connectivity index (χ0v) is 22.4. The molecule has 1 aliphatic heterocycles. The van der Waals surface area contributed by atoms with Crippen molar-refractivity contribution in [1.29, 1.82) is 0 Å². The number of nitrogens with zero attached hydrogens (tertiary/aromatic N) is 3. The maximum atomic E-state index is 13.3. The Morgan fingerprint density at radius 1 is 1.21 bits per heavy atom. The fourth-order valence-corrected chi connectivity index (χ4v) is 5.90. The lowest BCUT2D eigenvalue weighted by atomic mass is 9.75. The third-order valence-corrected chi connectivity index (χ3v) is 7.99. The van der Waals surface area contributed by atoms with Crippen molar-refractivity contribution in [2.75, 3.05) is 19.6 Å². The molecule has 10 nitrogen and oxygen atoms in total. The first-order chi connectivity index (χ1) is 18.6. The SMILES string of the molecule is CC1=NC(=O)N(CCCNCC(=O)C2(c3ccc(Cl)cc3)CCCC2)C(c2cccc([N+](=O)[O-])c2)C1C(=O)O. The Bertz CT molecular complexity index is 1290. The molecule has 0 bridgehead atoms. The first kappa shape index (κ1) is 28.4. The molecule has 39 heavy (non-hydrogen) atoms. The Morgan fingerprint density at radius 2 is 1.90 bits per heavy atom. The van der Waals surface area contributed by atoms with Gasteiger partial charge >= 0.3 is 12.0 Å². The van der Waals surface area contributed by atoms with Crippen LogP contribution in [-0.2, 0) is 15.0 Å². The number of hydrogen-bond donors (Lipinski definition) is 2. The van der Waals surface area contributed by atoms with E-state index in [0.29, 0.717) is 23.6 Å². The number of ketones is 1. The number of non-ortho nitro benzene ring substituents is 1. The summed E-state index contributed by atoms with van der Waals surface area (Å²) >= 11 is 6.05. The summed E-state index contributed by atoms with van der Waals surface area (Å²) < 4.78 is 0. The van der Waals surface area contributed by atoms with E-state index in [1.165, 1.54) is 30.0 Å². The van der Waals surface area contributed by atoms with Crippen LogP contribution >= 0.6 is 11.6 Å². The molecule has 2 atom stereocenters. The second-order valence-corrected chi connectivity index (χ2v) is 10.5. The number of nitrogens with one attached hydrogen (secondary N) is 1. The van der Waals surface area contributed by atoms with Crippen LogP contribution in [0, 0.1) is 16.0 Å². The molecule has 0 radical (unpaired) electrons. The number of nitro benzene ring substituents is 1. The highest BCUT2D eigenvalue weighted by Crippen LogP contribution is 2.42. The summed E-state index contributed by atoms with van der Waals surface area (Å²) in [6, 6.07) is 11.6. The number of aliphatic carboxylic acids is 1. The van der Waals surface area contributed by atoms with Gasteiger partial charge in [0.15, 0.2) is 5.78 Å². The van der Waals surface area contributed by atoms with E-state index in [1.807, 2.05) is 12.1 Å². The molecule has 0 saturated heterocycles. The van der Waals surface area contributed by atoms with Crippen LogP contribution in [0.1, 0.15) is 56.2 Å². The highest BCUT2D eigenvalue weighted by atomic mass is 35.5. The van der Waals surface area contributed by atoms with Crippen molar-refractivity contribution < 1.29 is 24.4 Å². The van der Waals surface area contributed by atoms with Gasteiger partial charge < -0.3 is 15.3 Å². The number of carbonyl (C=O) groups is 3. The summed E-state index contributed by atoms with van der Waals surface area (Å²) in [5.74, 6) is -2.20. The van der Waals surface area contributed by atoms with E-state index < -0.39 is 34.3 Å². The van der Waals surface area contributed by atoms with Gasteiger partial charge in [-0.15, -0.1) is 0 Å². The third-order valence-electron chi connectivity index (χ3n) is 7.73. The largest absolute Gasteiger partial charge is 0.481 e. The van der Waals surface area contributed by atoms with Gasteiger partial charge in [-0.25, -0.2) is 9.79 Å². The van der Waals surface area contributed by atoms with Gasteiger partial charge in [-0.3, -0.25) is 19.7 Å². The van der Waals surface area contributed by atoms with Crippen molar-refractivity contribution in [1.82, 2.24) is 10.2 Å². The molecule has 1 saturated carbocycles. The van der Waals surface area contributed by atoms with E-state index in [0.717, 1.165) is 31.2 Å². The van der Waals surface area contributed by atoms with Crippen molar-refractivity contribution in [3.8, 4) is 0 Å². The summed E-state index contributed by atoms with van der Waals surface area (Å²) in [7, 11) is 0. The molecule has 2 aliphatic rings. The highest BCUT2D eigenvalue weighted by molar-refractivity contribution is 6.30. The van der Waals surface area contributed by atoms with Crippen LogP contribution in [0.15, 0.2) is 53.5 Å². The van der Waals surface area contributed by atoms with Crippen LogP contribution in [0.2, 0.25) is 5.02 Å². The molecule has 1 heterocycles. The second-order valence-electron chi connectivity index (χ2n) is 10.1. The Hall–Kier alpha value is -3.63. The predicted molar refractivity (Wildman–Crippen MR) is 146 cm³/mol. The van der Waals surface area contributed by atoms with Gasteiger partial charge in [0.05, 0.1) is 22.9 Å². The number of amides is 2. The van der Waals surface area contributed by atoms with Crippen LogP contribution < -0.4 is 5.32 Å². The van der Waals surface area contributed by atoms with Crippen LogP contribution in [0.25, 0.3) is 0 Å². The lowest BCUT2D eigenvalue weighted by molar-refractivity contribution is -0.385. The normalized spacial score (nSPS) is 20.5. The number of aliphatic imine (C=N–C) groups is 1. The maximum Gasteiger partial charge on any atom is 0.344 e. The smallest absolute Gasteiger partial charge is 0.344 e. The Balaban J connectivity index is 1.43. The van der Waals surface area contributed by atoms with Crippen LogP contribution in [0.4, 0.5) is 10.5 Å². The van der Waals surface area contributed by atoms with Gasteiger partial charge in [0.1, 0.15) is 5.92 Å². The molecule has 206 valence electrons. The average molecular weight is 555 g/mol. The lowest BCUT2D eigenvalue weighted by Gasteiger charge is -2.38. The van der Waals surface area contributed by atoms with E-state index >= 15 is 0 Å². The Kier molecular flexibility index (Phi) is 8.76. The second kappa shape index (κ2) is 12.0. The molecule has 2 amide bonds. The van der Waals surface area contributed by atoms with Gasteiger partial charge in [-0.1, -0.05) is 48.7 Å². The van der Waals surface area contributed by atoms with E-state index in [4.69, 9.17) is 11.6 Å². The van der Waals surface area contributed by atoms with Gasteiger partial charge in [-0.2, -0.15) is 0 Å². The van der Waals surface area contributed by atoms with Crippen LogP contribution in [-0.4, -0.2) is 58.1 Å². The van der Waals surface area contributed by atoms with Crippen molar-refractivity contribution in [2.24, 2.45) is 10.9 Å². The van der Waals surface area contributed by atoms with E-state index in [1.54, 1.807) is 18.2 Å². The minimum atomic E-state index is -1.17. The predicted octanol–water partition coefficient (Wildman–Crippen LogP) is 4.95. The summed E-state index contributed by atoms with van der Waals surface area (Å²) in [6.07, 6.45) is 3.97. The molecule has 2 unspecified atom stereocenters. The molecule has 2 aromatic carbocycles. The number of nitro groups is 1. The fraction of sp³-hybridized carbons (Fsp3) is 0.429. The molecule has 0 spiro atoms. The van der Waals surface area contributed by atoms with Crippen molar-refractivity contribution >= 4 is 40.8 Å². The van der Waals surface area contributed by atoms with Gasteiger partial charge in [0, 0.05) is 29.4 Å². The molecule has 1 aliphatic carbocycles. The highest BCUT2D eigenvalue weighted by Gasteiger charge is 2.43. The third kappa shape index (κ3) is 6.02. The summed E-state index contributed by atoms with van der Waals surface area (Å²) in [4.78, 5) is 54.4. The number of carbonyl (C=O) groups excluding carboxylic acids is 2. The first-order valence-corrected chi connectivity index (χ1v) is 13.3. The molecule has 2 aromatic rings. The van der Waals surface area contributed by atoms with Crippen molar-refractivity contribution in [3.05, 3.63) is 74.8 Å². The van der Waals surface area contributed by atoms with E-state index in [9.17, 15) is 29.6 Å². The minimum Gasteiger partial charge on any atom is -0.481 e. The molecule has 2 N–H and O–H groups in total. The number of benzene rings is 2. The number of hydrogen-bond acceptors (Lipinski definition) is 6. The monoisotopic (exact) mass is 554 g/mol. The Morgan fingerprint density at radius 3 is 2.54 bits per heavy atom. The van der Waals surface area contributed by atoms with Crippen LogP contribution in [0.3, 0.4) is 0 Å². The zero-order chi connectivity index (χ0) is 28.2. The topological polar surface area (TPSA) is 142 Å². The fourth-order valence-electron chi connectivity index (χ4n) is 5.78. The molecule has 0 aromatic heterocycles. The summed E-state index contributed by atoms with van der Waals surface area (Å²) in [5.41, 5.74) is 0.754. The molecular weight excluding hydrogens is 524 g/mol. The number of halogens is 1. The molecule has 4 rings (SSSR count). The van der Waals surface area contributed by atoms with Crippen molar-refractivity contribution in [3.63, 3.8) is 0 Å².